The fraction of sp³-hybridized carbons (Fsp3) is 0.679. The first-order valence-electron chi connectivity index (χ1n) is 12.7. The average molecular weight is 552 g/mol. The first-order valence-corrected chi connectivity index (χ1v) is 19.1. The molecule has 0 aliphatic rings. The van der Waals surface area contributed by atoms with E-state index >= 15 is 0 Å². The van der Waals surface area contributed by atoms with E-state index in [-0.39, 0.29) is 18.3 Å². The van der Waals surface area contributed by atoms with Gasteiger partial charge in [0.1, 0.15) is 19.2 Å². The molecule has 0 spiro atoms. The van der Waals surface area contributed by atoms with Crippen molar-refractivity contribution in [3.8, 4) is 23.0 Å². The highest BCUT2D eigenvalue weighted by molar-refractivity contribution is 6.83. The summed E-state index contributed by atoms with van der Waals surface area (Å²) in [5, 5.41) is 3.02. The SMILES string of the molecule is COc1ccc(COC[C@@](C#C[Si](C)(C)C)(CO[Si](C)(C)C(C)(C)C)NC(=O)OC(C)(C)C)cc1OC. The van der Waals surface area contributed by atoms with E-state index in [1.807, 2.05) is 39.0 Å². The minimum atomic E-state index is -2.15. The van der Waals surface area contributed by atoms with Gasteiger partial charge in [-0.05, 0) is 56.6 Å². The van der Waals surface area contributed by atoms with Gasteiger partial charge in [0.25, 0.3) is 0 Å². The number of carbonyl (C=O) groups excluding carboxylic acids is 1. The van der Waals surface area contributed by atoms with E-state index in [1.165, 1.54) is 0 Å². The maximum atomic E-state index is 13.0. The molecule has 0 unspecified atom stereocenters. The Morgan fingerprint density at radius 2 is 1.51 bits per heavy atom. The van der Waals surface area contributed by atoms with Gasteiger partial charge in [0.2, 0.25) is 0 Å². The van der Waals surface area contributed by atoms with Crippen molar-refractivity contribution in [1.82, 2.24) is 5.32 Å². The Morgan fingerprint density at radius 1 is 0.919 bits per heavy atom. The van der Waals surface area contributed by atoms with Gasteiger partial charge in [-0.25, -0.2) is 4.79 Å². The number of rotatable bonds is 10. The molecular formula is C28H49NO6Si2. The predicted octanol–water partition coefficient (Wildman–Crippen LogP) is 6.39. The molecular weight excluding hydrogens is 502 g/mol. The van der Waals surface area contributed by atoms with Crippen LogP contribution in [0.15, 0.2) is 18.2 Å². The Bertz CT molecular complexity index is 964. The Morgan fingerprint density at radius 3 is 2.00 bits per heavy atom. The van der Waals surface area contributed by atoms with E-state index in [2.05, 4.69) is 70.3 Å². The second-order valence-corrected chi connectivity index (χ2v) is 22.5. The smallest absolute Gasteiger partial charge is 0.409 e. The highest BCUT2D eigenvalue weighted by Gasteiger charge is 2.41. The van der Waals surface area contributed by atoms with E-state index < -0.39 is 33.6 Å². The van der Waals surface area contributed by atoms with Crippen molar-refractivity contribution in [3.05, 3.63) is 23.8 Å². The maximum absolute atomic E-state index is 13.0. The number of methoxy groups -OCH3 is 2. The summed E-state index contributed by atoms with van der Waals surface area (Å²) in [5.74, 6) is 4.64. The van der Waals surface area contributed by atoms with Crippen LogP contribution in [-0.4, -0.2) is 61.1 Å². The summed E-state index contributed by atoms with van der Waals surface area (Å²) in [5.41, 5.74) is 2.61. The van der Waals surface area contributed by atoms with Crippen molar-refractivity contribution in [2.24, 2.45) is 0 Å². The predicted molar refractivity (Wildman–Crippen MR) is 156 cm³/mol. The molecule has 0 aromatic heterocycles. The molecule has 1 rings (SSSR count). The summed E-state index contributed by atoms with van der Waals surface area (Å²) >= 11 is 0. The molecule has 0 bridgehead atoms. The Labute approximate surface area is 227 Å². The number of ether oxygens (including phenoxy) is 4. The topological polar surface area (TPSA) is 75.2 Å². The minimum Gasteiger partial charge on any atom is -0.493 e. The summed E-state index contributed by atoms with van der Waals surface area (Å²) in [7, 11) is -0.733. The third-order valence-electron chi connectivity index (χ3n) is 5.97. The van der Waals surface area contributed by atoms with Gasteiger partial charge in [-0.1, -0.05) is 52.4 Å². The van der Waals surface area contributed by atoms with Crippen LogP contribution in [0.25, 0.3) is 0 Å². The van der Waals surface area contributed by atoms with Crippen LogP contribution < -0.4 is 14.8 Å². The Balaban J connectivity index is 3.34. The summed E-state index contributed by atoms with van der Waals surface area (Å²) in [6.45, 7) is 23.5. The number of amides is 1. The molecule has 1 atom stereocenters. The molecule has 0 radical (unpaired) electrons. The second kappa shape index (κ2) is 12.7. The lowest BCUT2D eigenvalue weighted by atomic mass is 10.0. The number of hydrogen-bond donors (Lipinski definition) is 1. The number of alkyl carbamates (subject to hydrolysis) is 1. The van der Waals surface area contributed by atoms with E-state index in [4.69, 9.17) is 23.4 Å². The largest absolute Gasteiger partial charge is 0.493 e. The maximum Gasteiger partial charge on any atom is 0.409 e. The summed E-state index contributed by atoms with van der Waals surface area (Å²) in [6.07, 6.45) is -0.550. The Kier molecular flexibility index (Phi) is 11.3. The van der Waals surface area contributed by atoms with Crippen LogP contribution in [0.3, 0.4) is 0 Å². The van der Waals surface area contributed by atoms with Crippen molar-refractivity contribution < 1.29 is 28.2 Å². The second-order valence-electron chi connectivity index (χ2n) is 12.9. The third kappa shape index (κ3) is 11.5. The van der Waals surface area contributed by atoms with Crippen LogP contribution in [0, 0.1) is 11.5 Å². The van der Waals surface area contributed by atoms with Crippen LogP contribution in [0.5, 0.6) is 11.5 Å². The fourth-order valence-corrected chi connectivity index (χ4v) is 4.51. The molecule has 0 aliphatic carbocycles. The lowest BCUT2D eigenvalue weighted by Crippen LogP contribution is -2.58. The van der Waals surface area contributed by atoms with Gasteiger partial charge >= 0.3 is 6.09 Å². The van der Waals surface area contributed by atoms with E-state index in [1.54, 1.807) is 14.2 Å². The van der Waals surface area contributed by atoms with Crippen LogP contribution in [0.4, 0.5) is 4.79 Å². The normalized spacial score (nSPS) is 14.2. The van der Waals surface area contributed by atoms with E-state index in [0.29, 0.717) is 18.1 Å². The monoisotopic (exact) mass is 551 g/mol. The minimum absolute atomic E-state index is 0.00261. The van der Waals surface area contributed by atoms with Gasteiger partial charge < -0.3 is 28.7 Å². The van der Waals surface area contributed by atoms with E-state index in [9.17, 15) is 4.79 Å². The quantitative estimate of drug-likeness (QED) is 0.268. The zero-order valence-corrected chi connectivity index (χ0v) is 27.3. The zero-order valence-electron chi connectivity index (χ0n) is 25.3. The van der Waals surface area contributed by atoms with Gasteiger partial charge in [-0.15, -0.1) is 5.54 Å². The molecule has 0 heterocycles. The molecule has 0 aliphatic heterocycles. The molecule has 1 aromatic rings. The standard InChI is InChI=1S/C28H49NO6Si2/c1-26(2,3)35-25(30)29-28(16-17-36(9,10)11,21-34-37(12,13)27(4,5)6)20-33-19-22-14-15-23(31-7)24(18-22)32-8/h14-15,18H,19-21H2,1-13H3,(H,29,30)/t28-/m0/s1. The first kappa shape index (κ1) is 33.0. The van der Waals surface area contributed by atoms with Crippen LogP contribution in [0.1, 0.15) is 47.1 Å². The summed E-state index contributed by atoms with van der Waals surface area (Å²) < 4.78 is 29.1. The molecule has 1 N–H and O–H groups in total. The molecule has 37 heavy (non-hydrogen) atoms. The van der Waals surface area contributed by atoms with Crippen molar-refractivity contribution in [2.75, 3.05) is 27.4 Å². The molecule has 7 nitrogen and oxygen atoms in total. The van der Waals surface area contributed by atoms with Gasteiger partial charge in [-0.3, -0.25) is 0 Å². The van der Waals surface area contributed by atoms with Crippen LogP contribution in [0.2, 0.25) is 37.8 Å². The van der Waals surface area contributed by atoms with Gasteiger partial charge in [0.15, 0.2) is 19.8 Å². The molecule has 1 amide bonds. The lowest BCUT2D eigenvalue weighted by Gasteiger charge is -2.40. The molecule has 9 heteroatoms. The molecule has 0 saturated carbocycles. The Hall–Kier alpha value is -2.00. The lowest BCUT2D eigenvalue weighted by molar-refractivity contribution is 0.0253. The highest BCUT2D eigenvalue weighted by atomic mass is 28.4. The average Bonchev–Trinajstić information content (AvgIpc) is 2.73. The highest BCUT2D eigenvalue weighted by Crippen LogP contribution is 2.37. The van der Waals surface area contributed by atoms with E-state index in [0.717, 1.165) is 5.56 Å². The van der Waals surface area contributed by atoms with Crippen molar-refractivity contribution >= 4 is 22.5 Å². The van der Waals surface area contributed by atoms with Crippen molar-refractivity contribution in [2.45, 2.75) is 97.1 Å². The fourth-order valence-electron chi connectivity index (χ4n) is 2.86. The zero-order chi connectivity index (χ0) is 28.7. The molecule has 1 aromatic carbocycles. The van der Waals surface area contributed by atoms with Gasteiger partial charge in [0.05, 0.1) is 34.0 Å². The molecule has 0 fully saturated rings. The molecule has 0 saturated heterocycles. The van der Waals surface area contributed by atoms with Crippen LogP contribution in [-0.2, 0) is 20.5 Å². The summed E-state index contributed by atoms with van der Waals surface area (Å²) in [4.78, 5) is 13.0. The van der Waals surface area contributed by atoms with Crippen molar-refractivity contribution in [1.29, 1.82) is 0 Å². The number of hydrogen-bond acceptors (Lipinski definition) is 6. The van der Waals surface area contributed by atoms with Gasteiger partial charge in [0, 0.05) is 0 Å². The van der Waals surface area contributed by atoms with Crippen molar-refractivity contribution in [3.63, 3.8) is 0 Å². The number of benzene rings is 1. The van der Waals surface area contributed by atoms with Crippen LogP contribution >= 0.6 is 0 Å². The third-order valence-corrected chi connectivity index (χ3v) is 11.3. The summed E-state index contributed by atoms with van der Waals surface area (Å²) in [6, 6.07) is 5.64. The number of nitrogens with one attached hydrogen (secondary N) is 1. The number of carbonyl (C=O) groups is 1. The molecule has 210 valence electrons. The first-order chi connectivity index (χ1) is 16.7. The van der Waals surface area contributed by atoms with Gasteiger partial charge in [-0.2, -0.15) is 0 Å².